The lowest BCUT2D eigenvalue weighted by atomic mass is 9.83. The Morgan fingerprint density at radius 3 is 2.76 bits per heavy atom. The van der Waals surface area contributed by atoms with Gasteiger partial charge in [0.1, 0.15) is 17.2 Å². The Hall–Kier alpha value is -3.37. The molecule has 0 spiro atoms. The highest BCUT2D eigenvalue weighted by molar-refractivity contribution is 5.80. The summed E-state index contributed by atoms with van der Waals surface area (Å²) >= 11 is 0. The number of hydrogen-bond donors (Lipinski definition) is 1. The number of fused-ring (bicyclic) bond motifs is 1. The molecule has 2 saturated heterocycles. The van der Waals surface area contributed by atoms with Crippen LogP contribution in [0.2, 0.25) is 0 Å². The minimum absolute atomic E-state index is 0.156. The summed E-state index contributed by atoms with van der Waals surface area (Å²) in [5, 5.41) is 8.69. The van der Waals surface area contributed by atoms with Gasteiger partial charge in [0.15, 0.2) is 11.6 Å². The molecule has 33 heavy (non-hydrogen) atoms. The first kappa shape index (κ1) is 20.3. The fourth-order valence-corrected chi connectivity index (χ4v) is 4.65. The second kappa shape index (κ2) is 8.87. The summed E-state index contributed by atoms with van der Waals surface area (Å²) in [6, 6.07) is 5.64. The zero-order valence-corrected chi connectivity index (χ0v) is 18.2. The standard InChI is InChI=1S/C23H25N7O3/c1-5-24-6-2-15(1)20(21-26-8-4-19(27-21)30-9-11-31-12-10-30)22-28-23(33-29-22)18-13-16-14-25-7-3-17(16)32-18/h3-4,7-8,13-15,20,24H,1-2,5-6,9-12H2. The Labute approximate surface area is 190 Å². The second-order valence-electron chi connectivity index (χ2n) is 8.42. The molecule has 10 nitrogen and oxygen atoms in total. The molecule has 1 atom stereocenters. The van der Waals surface area contributed by atoms with Crippen LogP contribution in [0.1, 0.15) is 30.4 Å². The van der Waals surface area contributed by atoms with Crippen LogP contribution in [0.25, 0.3) is 22.6 Å². The molecule has 0 amide bonds. The molecule has 0 radical (unpaired) electrons. The van der Waals surface area contributed by atoms with E-state index in [2.05, 4.69) is 25.3 Å². The summed E-state index contributed by atoms with van der Waals surface area (Å²) in [6.45, 7) is 4.96. The molecular formula is C23H25N7O3. The monoisotopic (exact) mass is 447 g/mol. The molecule has 0 aliphatic carbocycles. The molecular weight excluding hydrogens is 422 g/mol. The van der Waals surface area contributed by atoms with Crippen LogP contribution in [-0.2, 0) is 4.74 Å². The lowest BCUT2D eigenvalue weighted by molar-refractivity contribution is 0.122. The zero-order valence-electron chi connectivity index (χ0n) is 18.2. The van der Waals surface area contributed by atoms with Crippen LogP contribution in [0.5, 0.6) is 0 Å². The van der Waals surface area contributed by atoms with Crippen molar-refractivity contribution < 1.29 is 13.7 Å². The van der Waals surface area contributed by atoms with Crippen molar-refractivity contribution in [2.24, 2.45) is 5.92 Å². The molecule has 2 aliphatic rings. The van der Waals surface area contributed by atoms with Crippen molar-refractivity contribution in [2.75, 3.05) is 44.3 Å². The van der Waals surface area contributed by atoms with Gasteiger partial charge in [-0.15, -0.1) is 0 Å². The molecule has 10 heteroatoms. The average Bonchev–Trinajstić information content (AvgIpc) is 3.53. The first-order valence-electron chi connectivity index (χ1n) is 11.4. The molecule has 1 unspecified atom stereocenters. The van der Waals surface area contributed by atoms with Crippen LogP contribution >= 0.6 is 0 Å². The minimum Gasteiger partial charge on any atom is -0.451 e. The number of nitrogens with zero attached hydrogens (tertiary/aromatic N) is 6. The quantitative estimate of drug-likeness (QED) is 0.489. The molecule has 2 fully saturated rings. The molecule has 0 saturated carbocycles. The summed E-state index contributed by atoms with van der Waals surface area (Å²) in [5.74, 6) is 3.28. The van der Waals surface area contributed by atoms with Crippen molar-refractivity contribution in [1.82, 2.24) is 30.4 Å². The van der Waals surface area contributed by atoms with Crippen LogP contribution in [-0.4, -0.2) is 64.5 Å². The van der Waals surface area contributed by atoms with Crippen molar-refractivity contribution in [3.63, 3.8) is 0 Å². The van der Waals surface area contributed by atoms with Gasteiger partial charge in [0.05, 0.1) is 19.1 Å². The second-order valence-corrected chi connectivity index (χ2v) is 8.42. The number of furan rings is 1. The van der Waals surface area contributed by atoms with Gasteiger partial charge in [0.25, 0.3) is 5.89 Å². The van der Waals surface area contributed by atoms with Gasteiger partial charge < -0.3 is 23.9 Å². The molecule has 6 heterocycles. The normalized spacial score (nSPS) is 18.6. The number of piperidine rings is 1. The fraction of sp³-hybridized carbons (Fsp3) is 0.435. The largest absolute Gasteiger partial charge is 0.451 e. The maximum Gasteiger partial charge on any atom is 0.293 e. The van der Waals surface area contributed by atoms with Gasteiger partial charge in [-0.2, -0.15) is 4.98 Å². The van der Waals surface area contributed by atoms with Crippen molar-refractivity contribution in [1.29, 1.82) is 0 Å². The molecule has 4 aromatic rings. The van der Waals surface area contributed by atoms with Crippen molar-refractivity contribution in [2.45, 2.75) is 18.8 Å². The zero-order chi connectivity index (χ0) is 22.0. The van der Waals surface area contributed by atoms with E-state index in [1.807, 2.05) is 24.4 Å². The van der Waals surface area contributed by atoms with E-state index in [1.54, 1.807) is 12.4 Å². The number of pyridine rings is 1. The van der Waals surface area contributed by atoms with Gasteiger partial charge in [-0.1, -0.05) is 5.16 Å². The van der Waals surface area contributed by atoms with Gasteiger partial charge >= 0.3 is 0 Å². The van der Waals surface area contributed by atoms with E-state index >= 15 is 0 Å². The van der Waals surface area contributed by atoms with Crippen LogP contribution < -0.4 is 10.2 Å². The van der Waals surface area contributed by atoms with E-state index in [9.17, 15) is 0 Å². The molecule has 1 N–H and O–H groups in total. The lowest BCUT2D eigenvalue weighted by Crippen LogP contribution is -2.37. The molecule has 6 rings (SSSR count). The fourth-order valence-electron chi connectivity index (χ4n) is 4.65. The van der Waals surface area contributed by atoms with E-state index in [4.69, 9.17) is 23.6 Å². The van der Waals surface area contributed by atoms with Crippen LogP contribution in [0.15, 0.2) is 45.7 Å². The van der Waals surface area contributed by atoms with E-state index in [1.165, 1.54) is 0 Å². The number of hydrogen-bond acceptors (Lipinski definition) is 10. The SMILES string of the molecule is c1cc2oc(-c3nc(C(c4nccc(N5CCOCC5)n4)C4CCNCC4)no3)cc2cn1. The number of anilines is 1. The van der Waals surface area contributed by atoms with Gasteiger partial charge in [0, 0.05) is 37.1 Å². The van der Waals surface area contributed by atoms with E-state index < -0.39 is 0 Å². The van der Waals surface area contributed by atoms with Crippen LogP contribution in [0.4, 0.5) is 5.82 Å². The Bertz CT molecular complexity index is 1190. The van der Waals surface area contributed by atoms with E-state index in [-0.39, 0.29) is 5.92 Å². The summed E-state index contributed by atoms with van der Waals surface area (Å²) in [7, 11) is 0. The van der Waals surface area contributed by atoms with Gasteiger partial charge in [0.2, 0.25) is 0 Å². The number of morpholine rings is 1. The Kier molecular flexibility index (Phi) is 5.45. The summed E-state index contributed by atoms with van der Waals surface area (Å²) in [4.78, 5) is 20.7. The highest BCUT2D eigenvalue weighted by Gasteiger charge is 2.33. The maximum absolute atomic E-state index is 5.90. The van der Waals surface area contributed by atoms with Crippen LogP contribution in [0, 0.1) is 5.92 Å². The molecule has 4 aromatic heterocycles. The predicted molar refractivity (Wildman–Crippen MR) is 120 cm³/mol. The maximum atomic E-state index is 5.90. The minimum atomic E-state index is -0.156. The van der Waals surface area contributed by atoms with Gasteiger partial charge in [-0.25, -0.2) is 9.97 Å². The molecule has 0 aromatic carbocycles. The average molecular weight is 447 g/mol. The van der Waals surface area contributed by atoms with Crippen LogP contribution in [0.3, 0.4) is 0 Å². The van der Waals surface area contributed by atoms with E-state index in [0.717, 1.165) is 61.6 Å². The Balaban J connectivity index is 1.36. The number of aromatic nitrogens is 5. The van der Waals surface area contributed by atoms with Crippen molar-refractivity contribution in [3.8, 4) is 11.7 Å². The Morgan fingerprint density at radius 1 is 1.03 bits per heavy atom. The Morgan fingerprint density at radius 2 is 1.91 bits per heavy atom. The first-order chi connectivity index (χ1) is 16.3. The number of rotatable bonds is 5. The predicted octanol–water partition coefficient (Wildman–Crippen LogP) is 2.64. The topological polar surface area (TPSA) is 115 Å². The van der Waals surface area contributed by atoms with Gasteiger partial charge in [-0.05, 0) is 50.0 Å². The molecule has 0 bridgehead atoms. The third-order valence-electron chi connectivity index (χ3n) is 6.38. The number of nitrogens with one attached hydrogen (secondary N) is 1. The summed E-state index contributed by atoms with van der Waals surface area (Å²) < 4.78 is 17.0. The first-order valence-corrected chi connectivity index (χ1v) is 11.4. The smallest absolute Gasteiger partial charge is 0.293 e. The number of ether oxygens (including phenoxy) is 1. The highest BCUT2D eigenvalue weighted by Crippen LogP contribution is 2.36. The third kappa shape index (κ3) is 4.07. The summed E-state index contributed by atoms with van der Waals surface area (Å²) in [6.07, 6.45) is 7.27. The third-order valence-corrected chi connectivity index (χ3v) is 6.38. The van der Waals surface area contributed by atoms with E-state index in [0.29, 0.717) is 36.6 Å². The van der Waals surface area contributed by atoms with Crippen molar-refractivity contribution >= 4 is 16.8 Å². The molecule has 2 aliphatic heterocycles. The summed E-state index contributed by atoms with van der Waals surface area (Å²) in [5.41, 5.74) is 0.733. The molecule has 170 valence electrons. The van der Waals surface area contributed by atoms with Gasteiger partial charge in [-0.3, -0.25) is 4.98 Å². The van der Waals surface area contributed by atoms with Crippen molar-refractivity contribution in [3.05, 3.63) is 48.4 Å². The highest BCUT2D eigenvalue weighted by atomic mass is 16.5. The lowest BCUT2D eigenvalue weighted by Gasteiger charge is -2.30.